The first-order chi connectivity index (χ1) is 15.2. The van der Waals surface area contributed by atoms with Gasteiger partial charge in [-0.05, 0) is 37.5 Å². The van der Waals surface area contributed by atoms with Crippen molar-refractivity contribution >= 4 is 16.9 Å². The molecule has 0 aliphatic heterocycles. The van der Waals surface area contributed by atoms with Crippen LogP contribution in [0.15, 0.2) is 30.3 Å². The number of methoxy groups -OCH3 is 1. The van der Waals surface area contributed by atoms with Crippen molar-refractivity contribution in [1.29, 1.82) is 0 Å². The average Bonchev–Trinajstić information content (AvgIpc) is 3.55. The number of pyridine rings is 1. The first kappa shape index (κ1) is 21.9. The molecule has 0 spiro atoms. The van der Waals surface area contributed by atoms with Gasteiger partial charge in [-0.25, -0.2) is 0 Å². The predicted octanol–water partition coefficient (Wildman–Crippen LogP) is 4.13. The number of nitrogens with one attached hydrogen (secondary N) is 1. The van der Waals surface area contributed by atoms with Gasteiger partial charge in [0.25, 0.3) is 5.91 Å². The van der Waals surface area contributed by atoms with Crippen molar-refractivity contribution in [3.05, 3.63) is 47.2 Å². The van der Waals surface area contributed by atoms with Gasteiger partial charge in [0.05, 0.1) is 29.8 Å². The molecule has 1 atom stereocenters. The Morgan fingerprint density at radius 2 is 1.97 bits per heavy atom. The van der Waals surface area contributed by atoms with E-state index < -0.39 is 24.3 Å². The second kappa shape index (κ2) is 8.33. The summed E-state index contributed by atoms with van der Waals surface area (Å²) in [5.74, 6) is -0.0361. The molecule has 4 rings (SSSR count). The fourth-order valence-corrected chi connectivity index (χ4v) is 3.59. The van der Waals surface area contributed by atoms with Gasteiger partial charge in [0.1, 0.15) is 5.75 Å². The standard InChI is InChI=1S/C22H23F3N4O3/c1-12(13-6-8-15(31-3)9-7-13)26-17(30)11-32-18-10-16(22(23,24)25)19-20(14-4-5-14)28-29(2)21(19)27-18/h6-10,12,14H,4-5,11H2,1-3H3,(H,26,30). The Kier molecular flexibility index (Phi) is 5.70. The summed E-state index contributed by atoms with van der Waals surface area (Å²) in [4.78, 5) is 16.5. The quantitative estimate of drug-likeness (QED) is 0.588. The highest BCUT2D eigenvalue weighted by atomic mass is 19.4. The zero-order chi connectivity index (χ0) is 23.0. The van der Waals surface area contributed by atoms with Crippen LogP contribution in [0.1, 0.15) is 48.5 Å². The van der Waals surface area contributed by atoms with Crippen LogP contribution in [0.4, 0.5) is 13.2 Å². The molecule has 3 aromatic rings. The SMILES string of the molecule is COc1ccc(C(C)NC(=O)COc2cc(C(F)(F)F)c3c(C4CC4)nn(C)c3n2)cc1. The first-order valence-electron chi connectivity index (χ1n) is 10.2. The van der Waals surface area contributed by atoms with Crippen LogP contribution in [0.5, 0.6) is 11.6 Å². The molecule has 0 bridgehead atoms. The lowest BCUT2D eigenvalue weighted by Crippen LogP contribution is -2.31. The van der Waals surface area contributed by atoms with Gasteiger partial charge >= 0.3 is 6.18 Å². The van der Waals surface area contributed by atoms with E-state index in [1.54, 1.807) is 33.2 Å². The number of aromatic nitrogens is 3. The fraction of sp³-hybridized carbons (Fsp3) is 0.409. The monoisotopic (exact) mass is 448 g/mol. The number of alkyl halides is 3. The second-order valence-corrected chi connectivity index (χ2v) is 7.84. The van der Waals surface area contributed by atoms with Crippen LogP contribution in [-0.4, -0.2) is 34.4 Å². The summed E-state index contributed by atoms with van der Waals surface area (Å²) in [7, 11) is 3.11. The maximum Gasteiger partial charge on any atom is 0.417 e. The highest BCUT2D eigenvalue weighted by molar-refractivity contribution is 5.84. The Balaban J connectivity index is 1.50. The van der Waals surface area contributed by atoms with E-state index in [0.717, 1.165) is 24.5 Å². The normalized spacial score (nSPS) is 14.9. The molecule has 170 valence electrons. The van der Waals surface area contributed by atoms with Crippen molar-refractivity contribution in [2.24, 2.45) is 7.05 Å². The highest BCUT2D eigenvalue weighted by Gasteiger charge is 2.39. The summed E-state index contributed by atoms with van der Waals surface area (Å²) in [6, 6.07) is 7.70. The molecule has 1 aliphatic carbocycles. The molecule has 1 fully saturated rings. The van der Waals surface area contributed by atoms with Crippen molar-refractivity contribution < 1.29 is 27.4 Å². The molecule has 0 saturated heterocycles. The van der Waals surface area contributed by atoms with Crippen molar-refractivity contribution in [2.45, 2.75) is 37.9 Å². The second-order valence-electron chi connectivity index (χ2n) is 7.84. The molecule has 1 unspecified atom stereocenters. The summed E-state index contributed by atoms with van der Waals surface area (Å²) in [5.41, 5.74) is 0.503. The maximum atomic E-state index is 13.8. The molecule has 1 aliphatic rings. The lowest BCUT2D eigenvalue weighted by molar-refractivity contribution is -0.136. The third-order valence-electron chi connectivity index (χ3n) is 5.41. The molecular formula is C22H23F3N4O3. The van der Waals surface area contributed by atoms with E-state index in [1.807, 2.05) is 12.1 Å². The smallest absolute Gasteiger partial charge is 0.417 e. The van der Waals surface area contributed by atoms with Gasteiger partial charge in [-0.1, -0.05) is 12.1 Å². The van der Waals surface area contributed by atoms with E-state index in [0.29, 0.717) is 11.4 Å². The third-order valence-corrected chi connectivity index (χ3v) is 5.41. The van der Waals surface area contributed by atoms with Crippen LogP contribution in [-0.2, 0) is 18.0 Å². The van der Waals surface area contributed by atoms with Gasteiger partial charge in [0.15, 0.2) is 12.3 Å². The highest BCUT2D eigenvalue weighted by Crippen LogP contribution is 2.46. The number of amides is 1. The molecule has 1 saturated carbocycles. The minimum atomic E-state index is -4.60. The van der Waals surface area contributed by atoms with Gasteiger partial charge in [-0.2, -0.15) is 23.3 Å². The molecule has 0 radical (unpaired) electrons. The minimum Gasteiger partial charge on any atom is -0.497 e. The van der Waals surface area contributed by atoms with Gasteiger partial charge in [0, 0.05) is 19.0 Å². The number of fused-ring (bicyclic) bond motifs is 1. The Morgan fingerprint density at radius 1 is 1.28 bits per heavy atom. The molecule has 7 nitrogen and oxygen atoms in total. The summed E-state index contributed by atoms with van der Waals surface area (Å²) < 4.78 is 53.1. The minimum absolute atomic E-state index is 0.00688. The van der Waals surface area contributed by atoms with Gasteiger partial charge in [0.2, 0.25) is 5.88 Å². The molecule has 1 aromatic carbocycles. The third kappa shape index (κ3) is 4.49. The Bertz CT molecular complexity index is 1140. The molecular weight excluding hydrogens is 425 g/mol. The number of carbonyl (C=O) groups is 1. The number of nitrogens with zero attached hydrogens (tertiary/aromatic N) is 3. The van der Waals surface area contributed by atoms with Gasteiger partial charge in [-0.3, -0.25) is 9.48 Å². The number of carbonyl (C=O) groups excluding carboxylic acids is 1. The van der Waals surface area contributed by atoms with E-state index in [1.165, 1.54) is 4.68 Å². The zero-order valence-corrected chi connectivity index (χ0v) is 17.9. The number of ether oxygens (including phenoxy) is 2. The van der Waals surface area contributed by atoms with Gasteiger partial charge in [-0.15, -0.1) is 0 Å². The summed E-state index contributed by atoms with van der Waals surface area (Å²) in [6.07, 6.45) is -2.97. The zero-order valence-electron chi connectivity index (χ0n) is 17.9. The van der Waals surface area contributed by atoms with Crippen LogP contribution >= 0.6 is 0 Å². The first-order valence-corrected chi connectivity index (χ1v) is 10.2. The maximum absolute atomic E-state index is 13.8. The Morgan fingerprint density at radius 3 is 2.56 bits per heavy atom. The summed E-state index contributed by atoms with van der Waals surface area (Å²) >= 11 is 0. The van der Waals surface area contributed by atoms with E-state index in [-0.39, 0.29) is 28.9 Å². The number of hydrogen-bond acceptors (Lipinski definition) is 5. The Labute approximate surface area is 182 Å². The van der Waals surface area contributed by atoms with E-state index in [2.05, 4.69) is 15.4 Å². The number of rotatable bonds is 7. The van der Waals surface area contributed by atoms with Crippen LogP contribution in [0.25, 0.3) is 11.0 Å². The van der Waals surface area contributed by atoms with E-state index in [9.17, 15) is 18.0 Å². The number of halogens is 3. The molecule has 32 heavy (non-hydrogen) atoms. The molecule has 2 heterocycles. The van der Waals surface area contributed by atoms with E-state index in [4.69, 9.17) is 9.47 Å². The van der Waals surface area contributed by atoms with Crippen LogP contribution in [0.3, 0.4) is 0 Å². The number of hydrogen-bond donors (Lipinski definition) is 1. The van der Waals surface area contributed by atoms with Crippen molar-refractivity contribution in [3.63, 3.8) is 0 Å². The summed E-state index contributed by atoms with van der Waals surface area (Å²) in [6.45, 7) is 1.32. The topological polar surface area (TPSA) is 78.3 Å². The molecule has 1 amide bonds. The number of aryl methyl sites for hydroxylation is 1. The van der Waals surface area contributed by atoms with Crippen LogP contribution in [0, 0.1) is 0 Å². The number of benzene rings is 1. The van der Waals surface area contributed by atoms with Crippen molar-refractivity contribution in [1.82, 2.24) is 20.1 Å². The Hall–Kier alpha value is -3.30. The van der Waals surface area contributed by atoms with Crippen molar-refractivity contribution in [2.75, 3.05) is 13.7 Å². The largest absolute Gasteiger partial charge is 0.497 e. The molecule has 1 N–H and O–H groups in total. The fourth-order valence-electron chi connectivity index (χ4n) is 3.59. The predicted molar refractivity (Wildman–Crippen MR) is 111 cm³/mol. The van der Waals surface area contributed by atoms with Crippen LogP contribution < -0.4 is 14.8 Å². The molecule has 2 aromatic heterocycles. The lowest BCUT2D eigenvalue weighted by Gasteiger charge is -2.15. The molecule has 10 heteroatoms. The van der Waals surface area contributed by atoms with Gasteiger partial charge < -0.3 is 14.8 Å². The lowest BCUT2D eigenvalue weighted by atomic mass is 10.1. The average molecular weight is 448 g/mol. The summed E-state index contributed by atoms with van der Waals surface area (Å²) in [5, 5.41) is 7.02. The van der Waals surface area contributed by atoms with E-state index >= 15 is 0 Å². The van der Waals surface area contributed by atoms with Crippen LogP contribution in [0.2, 0.25) is 0 Å². The van der Waals surface area contributed by atoms with Crippen molar-refractivity contribution in [3.8, 4) is 11.6 Å².